The highest BCUT2D eigenvalue weighted by molar-refractivity contribution is 6.42. The van der Waals surface area contributed by atoms with Crippen molar-refractivity contribution in [2.45, 2.75) is 20.0 Å². The summed E-state index contributed by atoms with van der Waals surface area (Å²) in [6.07, 6.45) is -0.650. The average molecular weight is 324 g/mol. The third-order valence-corrected chi connectivity index (χ3v) is 3.60. The summed E-state index contributed by atoms with van der Waals surface area (Å²) < 4.78 is 5.56. The molecular weight excluding hydrogens is 309 g/mol. The van der Waals surface area contributed by atoms with Gasteiger partial charge in [-0.1, -0.05) is 35.3 Å². The van der Waals surface area contributed by atoms with E-state index in [1.54, 1.807) is 25.1 Å². The van der Waals surface area contributed by atoms with E-state index in [0.29, 0.717) is 15.8 Å². The highest BCUT2D eigenvalue weighted by atomic mass is 35.5. The van der Waals surface area contributed by atoms with Gasteiger partial charge >= 0.3 is 0 Å². The van der Waals surface area contributed by atoms with Crippen molar-refractivity contribution >= 4 is 34.8 Å². The average Bonchev–Trinajstić information content (AvgIpc) is 2.43. The van der Waals surface area contributed by atoms with Gasteiger partial charge in [-0.15, -0.1) is 0 Å². The molecule has 110 valence electrons. The Morgan fingerprint density at radius 2 is 1.90 bits per heavy atom. The SMILES string of the molecule is Cc1cccc(NC(=O)[C@H](C)Oc2ccc(Cl)c(Cl)c2)c1. The molecule has 0 saturated carbocycles. The second-order valence-electron chi connectivity index (χ2n) is 4.69. The van der Waals surface area contributed by atoms with Crippen LogP contribution in [0.5, 0.6) is 5.75 Å². The van der Waals surface area contributed by atoms with Gasteiger partial charge in [0, 0.05) is 11.8 Å². The summed E-state index contributed by atoms with van der Waals surface area (Å²) in [7, 11) is 0. The number of halogens is 2. The summed E-state index contributed by atoms with van der Waals surface area (Å²) in [5.74, 6) is 0.267. The second-order valence-corrected chi connectivity index (χ2v) is 5.51. The highest BCUT2D eigenvalue weighted by Crippen LogP contribution is 2.27. The van der Waals surface area contributed by atoms with Crippen LogP contribution in [-0.2, 0) is 4.79 Å². The Hall–Kier alpha value is -1.71. The number of hydrogen-bond donors (Lipinski definition) is 1. The second kappa shape index (κ2) is 6.83. The van der Waals surface area contributed by atoms with Crippen molar-refractivity contribution in [3.05, 3.63) is 58.1 Å². The van der Waals surface area contributed by atoms with Crippen LogP contribution >= 0.6 is 23.2 Å². The Bertz CT molecular complexity index is 658. The lowest BCUT2D eigenvalue weighted by Crippen LogP contribution is -2.30. The van der Waals surface area contributed by atoms with Crippen molar-refractivity contribution in [1.82, 2.24) is 0 Å². The van der Waals surface area contributed by atoms with Gasteiger partial charge in [-0.05, 0) is 43.7 Å². The van der Waals surface area contributed by atoms with Crippen LogP contribution in [0.15, 0.2) is 42.5 Å². The quantitative estimate of drug-likeness (QED) is 0.885. The van der Waals surface area contributed by atoms with E-state index >= 15 is 0 Å². The maximum Gasteiger partial charge on any atom is 0.265 e. The Kier molecular flexibility index (Phi) is 5.10. The van der Waals surface area contributed by atoms with Crippen LogP contribution in [0, 0.1) is 6.92 Å². The summed E-state index contributed by atoms with van der Waals surface area (Å²) in [5, 5.41) is 3.64. The fraction of sp³-hybridized carbons (Fsp3) is 0.188. The lowest BCUT2D eigenvalue weighted by atomic mass is 10.2. The van der Waals surface area contributed by atoms with Crippen LogP contribution in [0.2, 0.25) is 10.0 Å². The number of anilines is 1. The Balaban J connectivity index is 2.00. The molecule has 2 aromatic rings. The summed E-state index contributed by atoms with van der Waals surface area (Å²) in [6.45, 7) is 3.64. The van der Waals surface area contributed by atoms with E-state index in [1.807, 2.05) is 31.2 Å². The van der Waals surface area contributed by atoms with Crippen LogP contribution in [-0.4, -0.2) is 12.0 Å². The first-order valence-corrected chi connectivity index (χ1v) is 7.20. The van der Waals surface area contributed by atoms with E-state index in [4.69, 9.17) is 27.9 Å². The highest BCUT2D eigenvalue weighted by Gasteiger charge is 2.15. The molecule has 0 aliphatic carbocycles. The molecule has 0 bridgehead atoms. The molecule has 0 aliphatic rings. The number of aryl methyl sites for hydroxylation is 1. The zero-order valence-electron chi connectivity index (χ0n) is 11.7. The number of rotatable bonds is 4. The van der Waals surface area contributed by atoms with Crippen molar-refractivity contribution < 1.29 is 9.53 Å². The molecular formula is C16H15Cl2NO2. The summed E-state index contributed by atoms with van der Waals surface area (Å²) >= 11 is 11.7. The molecule has 21 heavy (non-hydrogen) atoms. The summed E-state index contributed by atoms with van der Waals surface area (Å²) in [4.78, 5) is 12.1. The lowest BCUT2D eigenvalue weighted by Gasteiger charge is -2.15. The number of benzene rings is 2. The predicted molar refractivity (Wildman–Crippen MR) is 86.4 cm³/mol. The van der Waals surface area contributed by atoms with Crippen LogP contribution < -0.4 is 10.1 Å². The van der Waals surface area contributed by atoms with E-state index in [1.165, 1.54) is 0 Å². The molecule has 3 nitrogen and oxygen atoms in total. The molecule has 1 amide bonds. The topological polar surface area (TPSA) is 38.3 Å². The van der Waals surface area contributed by atoms with E-state index in [9.17, 15) is 4.79 Å². The molecule has 0 radical (unpaired) electrons. The normalized spacial score (nSPS) is 11.8. The fourth-order valence-corrected chi connectivity index (χ4v) is 2.06. The summed E-state index contributed by atoms with van der Waals surface area (Å²) in [5.41, 5.74) is 1.82. The molecule has 1 N–H and O–H groups in total. The standard InChI is InChI=1S/C16H15Cl2NO2/c1-10-4-3-5-12(8-10)19-16(20)11(2)21-13-6-7-14(17)15(18)9-13/h3-9,11H,1-2H3,(H,19,20)/t11-/m0/s1. The molecule has 0 aromatic heterocycles. The zero-order chi connectivity index (χ0) is 15.4. The van der Waals surface area contributed by atoms with Gasteiger partial charge in [-0.2, -0.15) is 0 Å². The van der Waals surface area contributed by atoms with Gasteiger partial charge in [0.1, 0.15) is 5.75 Å². The molecule has 0 heterocycles. The molecule has 0 unspecified atom stereocenters. The molecule has 0 fully saturated rings. The monoisotopic (exact) mass is 323 g/mol. The minimum atomic E-state index is -0.650. The minimum absolute atomic E-state index is 0.230. The zero-order valence-corrected chi connectivity index (χ0v) is 13.2. The van der Waals surface area contributed by atoms with Crippen molar-refractivity contribution in [1.29, 1.82) is 0 Å². The van der Waals surface area contributed by atoms with Gasteiger partial charge in [-0.3, -0.25) is 4.79 Å². The summed E-state index contributed by atoms with van der Waals surface area (Å²) in [6, 6.07) is 12.5. The van der Waals surface area contributed by atoms with Crippen molar-refractivity contribution in [2.24, 2.45) is 0 Å². The van der Waals surface area contributed by atoms with Gasteiger partial charge in [0.2, 0.25) is 0 Å². The molecule has 5 heteroatoms. The first kappa shape index (κ1) is 15.7. The number of carbonyl (C=O) groups is 1. The van der Waals surface area contributed by atoms with E-state index in [-0.39, 0.29) is 5.91 Å². The third-order valence-electron chi connectivity index (χ3n) is 2.86. The molecule has 1 atom stereocenters. The Morgan fingerprint density at radius 3 is 2.57 bits per heavy atom. The third kappa shape index (κ3) is 4.38. The van der Waals surface area contributed by atoms with Gasteiger partial charge < -0.3 is 10.1 Å². The van der Waals surface area contributed by atoms with Crippen LogP contribution in [0.1, 0.15) is 12.5 Å². The Morgan fingerprint density at radius 1 is 1.14 bits per heavy atom. The van der Waals surface area contributed by atoms with Crippen LogP contribution in [0.3, 0.4) is 0 Å². The maximum absolute atomic E-state index is 12.1. The number of hydrogen-bond acceptors (Lipinski definition) is 2. The van der Waals surface area contributed by atoms with Gasteiger partial charge in [-0.25, -0.2) is 0 Å². The number of ether oxygens (including phenoxy) is 1. The van der Waals surface area contributed by atoms with Crippen molar-refractivity contribution in [3.8, 4) is 5.75 Å². The van der Waals surface area contributed by atoms with Gasteiger partial charge in [0.05, 0.1) is 10.0 Å². The predicted octanol–water partition coefficient (Wildman–Crippen LogP) is 4.71. The van der Waals surface area contributed by atoms with E-state index in [0.717, 1.165) is 11.3 Å². The van der Waals surface area contributed by atoms with Gasteiger partial charge in [0.15, 0.2) is 6.10 Å². The van der Waals surface area contributed by atoms with Gasteiger partial charge in [0.25, 0.3) is 5.91 Å². The van der Waals surface area contributed by atoms with E-state index < -0.39 is 6.10 Å². The van der Waals surface area contributed by atoms with Crippen molar-refractivity contribution in [3.63, 3.8) is 0 Å². The first-order valence-electron chi connectivity index (χ1n) is 6.45. The number of nitrogens with one attached hydrogen (secondary N) is 1. The minimum Gasteiger partial charge on any atom is -0.481 e. The maximum atomic E-state index is 12.1. The molecule has 2 rings (SSSR count). The van der Waals surface area contributed by atoms with E-state index in [2.05, 4.69) is 5.32 Å². The molecule has 0 saturated heterocycles. The smallest absolute Gasteiger partial charge is 0.265 e. The first-order chi connectivity index (χ1) is 9.95. The Labute approximate surface area is 133 Å². The number of amides is 1. The molecule has 2 aromatic carbocycles. The van der Waals surface area contributed by atoms with Crippen LogP contribution in [0.25, 0.3) is 0 Å². The largest absolute Gasteiger partial charge is 0.481 e. The lowest BCUT2D eigenvalue weighted by molar-refractivity contribution is -0.122. The van der Waals surface area contributed by atoms with Crippen LogP contribution in [0.4, 0.5) is 5.69 Å². The fourth-order valence-electron chi connectivity index (χ4n) is 1.77. The molecule has 0 spiro atoms. The molecule has 0 aliphatic heterocycles. The van der Waals surface area contributed by atoms with Crippen molar-refractivity contribution in [2.75, 3.05) is 5.32 Å². The number of carbonyl (C=O) groups excluding carboxylic acids is 1.